The Labute approximate surface area is 169 Å². The van der Waals surface area contributed by atoms with Gasteiger partial charge in [0.05, 0.1) is 5.75 Å². The zero-order valence-corrected chi connectivity index (χ0v) is 17.0. The maximum Gasteiger partial charge on any atom is 0.413 e. The van der Waals surface area contributed by atoms with Crippen LogP contribution in [0.15, 0.2) is 40.7 Å². The molecule has 3 N–H and O–H groups in total. The first-order chi connectivity index (χ1) is 13.3. The summed E-state index contributed by atoms with van der Waals surface area (Å²) in [6.45, 7) is 1.37. The smallest absolute Gasteiger partial charge is 0.370 e. The van der Waals surface area contributed by atoms with Gasteiger partial charge in [-0.1, -0.05) is 6.07 Å². The van der Waals surface area contributed by atoms with Crippen molar-refractivity contribution in [1.82, 2.24) is 4.31 Å². The maximum atomic E-state index is 14.6. The monoisotopic (exact) mass is 450 g/mol. The third kappa shape index (κ3) is 4.17. The van der Waals surface area contributed by atoms with Gasteiger partial charge in [0.15, 0.2) is 6.04 Å². The van der Waals surface area contributed by atoms with Crippen LogP contribution in [0.5, 0.6) is 0 Å². The van der Waals surface area contributed by atoms with Crippen molar-refractivity contribution in [2.45, 2.75) is 24.7 Å². The molecule has 0 fully saturated rings. The van der Waals surface area contributed by atoms with E-state index in [-0.39, 0.29) is 22.1 Å². The molecule has 2 aromatic rings. The van der Waals surface area contributed by atoms with Crippen LogP contribution in [-0.2, 0) is 15.6 Å². The predicted octanol–water partition coefficient (Wildman–Crippen LogP) is 3.41. The highest BCUT2D eigenvalue weighted by molar-refractivity contribution is 7.89. The number of thiophene rings is 1. The van der Waals surface area contributed by atoms with Crippen LogP contribution in [0.4, 0.5) is 23.2 Å². The average Bonchev–Trinajstić information content (AvgIpc) is 3.11. The van der Waals surface area contributed by atoms with E-state index in [9.17, 15) is 26.0 Å². The van der Waals surface area contributed by atoms with Gasteiger partial charge in [-0.05, 0) is 36.6 Å². The number of hydrogen-bond acceptors (Lipinski definition) is 6. The molecule has 0 bridgehead atoms. The summed E-state index contributed by atoms with van der Waals surface area (Å²) in [6, 6.07) is 4.11. The summed E-state index contributed by atoms with van der Waals surface area (Å²) in [5, 5.41) is 3.89. The summed E-state index contributed by atoms with van der Waals surface area (Å²) in [5.41, 5.74) is 3.88. The SMILES string of the molecule is CN1C(N)=N[C@](C)(c2cc(NC(c3cccs3)C(F)(F)F)ccc2F)CS1(=O)=O. The molecule has 0 saturated heterocycles. The van der Waals surface area contributed by atoms with E-state index >= 15 is 0 Å². The summed E-state index contributed by atoms with van der Waals surface area (Å²) in [4.78, 5) is 4.13. The molecule has 1 aromatic carbocycles. The third-order valence-corrected chi connectivity index (χ3v) is 7.46. The molecule has 0 amide bonds. The van der Waals surface area contributed by atoms with Crippen molar-refractivity contribution < 1.29 is 26.0 Å². The zero-order valence-electron chi connectivity index (χ0n) is 15.4. The summed E-state index contributed by atoms with van der Waals surface area (Å²) in [5.74, 6) is -1.71. The molecule has 2 heterocycles. The van der Waals surface area contributed by atoms with Gasteiger partial charge in [-0.3, -0.25) is 0 Å². The molecule has 1 aliphatic heterocycles. The van der Waals surface area contributed by atoms with Crippen LogP contribution in [0.25, 0.3) is 0 Å². The van der Waals surface area contributed by atoms with Gasteiger partial charge in [-0.25, -0.2) is 22.1 Å². The molecular weight excluding hydrogens is 432 g/mol. The predicted molar refractivity (Wildman–Crippen MR) is 104 cm³/mol. The van der Waals surface area contributed by atoms with Crippen LogP contribution < -0.4 is 11.1 Å². The first-order valence-corrected chi connectivity index (χ1v) is 10.8. The number of nitrogens with zero attached hydrogens (tertiary/aromatic N) is 2. The molecule has 3 rings (SSSR count). The number of anilines is 1. The van der Waals surface area contributed by atoms with Crippen molar-refractivity contribution in [3.63, 3.8) is 0 Å². The van der Waals surface area contributed by atoms with E-state index in [1.165, 1.54) is 31.5 Å². The Morgan fingerprint density at radius 2 is 2.03 bits per heavy atom. The van der Waals surface area contributed by atoms with E-state index in [0.29, 0.717) is 0 Å². The molecule has 1 aromatic heterocycles. The molecule has 1 unspecified atom stereocenters. The lowest BCUT2D eigenvalue weighted by Gasteiger charge is -2.35. The second-order valence-corrected chi connectivity index (χ2v) is 9.78. The van der Waals surface area contributed by atoms with E-state index in [1.54, 1.807) is 0 Å². The lowest BCUT2D eigenvalue weighted by molar-refractivity contribution is -0.143. The quantitative estimate of drug-likeness (QED) is 0.699. The highest BCUT2D eigenvalue weighted by Crippen LogP contribution is 2.39. The lowest BCUT2D eigenvalue weighted by Crippen LogP contribution is -2.50. The van der Waals surface area contributed by atoms with E-state index in [0.717, 1.165) is 33.8 Å². The summed E-state index contributed by atoms with van der Waals surface area (Å²) in [6.07, 6.45) is -4.59. The van der Waals surface area contributed by atoms with E-state index in [4.69, 9.17) is 5.73 Å². The van der Waals surface area contributed by atoms with Gasteiger partial charge >= 0.3 is 6.18 Å². The van der Waals surface area contributed by atoms with Crippen LogP contribution in [0.1, 0.15) is 23.4 Å². The Hall–Kier alpha value is -2.34. The number of aliphatic imine (C=N–C) groups is 1. The Morgan fingerprint density at radius 3 is 2.59 bits per heavy atom. The van der Waals surface area contributed by atoms with Gasteiger partial charge in [0.1, 0.15) is 11.4 Å². The molecule has 0 saturated carbocycles. The summed E-state index contributed by atoms with van der Waals surface area (Å²) >= 11 is 0.932. The minimum Gasteiger partial charge on any atom is -0.370 e. The minimum absolute atomic E-state index is 0.0246. The molecule has 0 radical (unpaired) electrons. The fourth-order valence-corrected chi connectivity index (χ4v) is 5.30. The number of benzene rings is 1. The molecule has 158 valence electrons. The molecule has 1 aliphatic rings. The molecule has 6 nitrogen and oxygen atoms in total. The van der Waals surface area contributed by atoms with E-state index in [2.05, 4.69) is 10.3 Å². The van der Waals surface area contributed by atoms with Gasteiger partial charge in [-0.2, -0.15) is 13.2 Å². The first kappa shape index (κ1) is 21.4. The van der Waals surface area contributed by atoms with Crippen LogP contribution in [0, 0.1) is 5.82 Å². The van der Waals surface area contributed by atoms with Crippen molar-refractivity contribution in [1.29, 1.82) is 0 Å². The van der Waals surface area contributed by atoms with Gasteiger partial charge in [0.25, 0.3) is 0 Å². The Kier molecular flexibility index (Phi) is 5.28. The minimum atomic E-state index is -4.59. The van der Waals surface area contributed by atoms with Crippen LogP contribution in [0.2, 0.25) is 0 Å². The standard InChI is InChI=1S/C17H18F4N4O2S2/c1-16(9-29(26,27)25(2)15(22)24-16)11-8-10(5-6-12(11)18)23-14(17(19,20)21)13-4-3-7-28-13/h3-8,14,23H,9H2,1-2H3,(H2,22,24)/t14?,16-/m0/s1. The maximum absolute atomic E-state index is 14.6. The van der Waals surface area contributed by atoms with Crippen molar-refractivity contribution in [2.75, 3.05) is 18.1 Å². The Balaban J connectivity index is 2.03. The fourth-order valence-electron chi connectivity index (χ4n) is 3.05. The molecule has 12 heteroatoms. The molecule has 2 atom stereocenters. The third-order valence-electron chi connectivity index (χ3n) is 4.58. The Bertz CT molecular complexity index is 1040. The molecule has 0 spiro atoms. The van der Waals surface area contributed by atoms with Gasteiger partial charge in [-0.15, -0.1) is 11.3 Å². The number of nitrogens with one attached hydrogen (secondary N) is 1. The summed E-state index contributed by atoms with van der Waals surface area (Å²) < 4.78 is 80.5. The number of alkyl halides is 3. The first-order valence-electron chi connectivity index (χ1n) is 8.32. The highest BCUT2D eigenvalue weighted by Gasteiger charge is 2.43. The summed E-state index contributed by atoms with van der Waals surface area (Å²) in [7, 11) is -2.65. The Morgan fingerprint density at radius 1 is 1.34 bits per heavy atom. The normalized spacial score (nSPS) is 22.8. The number of guanidine groups is 1. The number of halogens is 4. The van der Waals surface area contributed by atoms with Crippen molar-refractivity contribution in [2.24, 2.45) is 10.7 Å². The number of sulfonamides is 1. The van der Waals surface area contributed by atoms with Gasteiger partial charge in [0, 0.05) is 23.2 Å². The molecular formula is C17H18F4N4O2S2. The topological polar surface area (TPSA) is 87.8 Å². The van der Waals surface area contributed by atoms with Crippen LogP contribution in [0.3, 0.4) is 0 Å². The number of nitrogens with two attached hydrogens (primary N) is 1. The average molecular weight is 450 g/mol. The van der Waals surface area contributed by atoms with E-state index < -0.39 is 39.4 Å². The van der Waals surface area contributed by atoms with Crippen molar-refractivity contribution in [3.05, 3.63) is 52.0 Å². The number of hydrogen-bond donors (Lipinski definition) is 2. The second kappa shape index (κ2) is 7.17. The lowest BCUT2D eigenvalue weighted by atomic mass is 9.93. The van der Waals surface area contributed by atoms with Crippen LogP contribution in [-0.4, -0.2) is 37.7 Å². The van der Waals surface area contributed by atoms with Gasteiger partial charge < -0.3 is 11.1 Å². The second-order valence-electron chi connectivity index (χ2n) is 6.80. The number of rotatable bonds is 4. The van der Waals surface area contributed by atoms with Crippen molar-refractivity contribution in [3.8, 4) is 0 Å². The fraction of sp³-hybridized carbons (Fsp3) is 0.353. The van der Waals surface area contributed by atoms with Crippen LogP contribution >= 0.6 is 11.3 Å². The zero-order chi connectivity index (χ0) is 21.6. The molecule has 0 aliphatic carbocycles. The van der Waals surface area contributed by atoms with Crippen molar-refractivity contribution >= 4 is 33.0 Å². The van der Waals surface area contributed by atoms with Gasteiger partial charge in [0.2, 0.25) is 16.0 Å². The van der Waals surface area contributed by atoms with E-state index in [1.807, 2.05) is 0 Å². The largest absolute Gasteiger partial charge is 0.413 e. The molecule has 29 heavy (non-hydrogen) atoms. The highest BCUT2D eigenvalue weighted by atomic mass is 32.2.